The minimum absolute atomic E-state index is 0.00349. The Morgan fingerprint density at radius 1 is 1.22 bits per heavy atom. The Hall–Kier alpha value is -2.25. The second-order valence-electron chi connectivity index (χ2n) is 5.79. The van der Waals surface area contributed by atoms with Crippen molar-refractivity contribution in [3.8, 4) is 0 Å². The highest BCUT2D eigenvalue weighted by Gasteiger charge is 2.40. The van der Waals surface area contributed by atoms with E-state index >= 15 is 0 Å². The van der Waals surface area contributed by atoms with Crippen LogP contribution >= 0.6 is 0 Å². The first-order valence-corrected chi connectivity index (χ1v) is 7.31. The predicted octanol–water partition coefficient (Wildman–Crippen LogP) is 1.87. The second kappa shape index (κ2) is 5.75. The number of nitrogens with one attached hydrogen (secondary N) is 1. The Balaban J connectivity index is 1.57. The lowest BCUT2D eigenvalue weighted by molar-refractivity contribution is -0.157. The standard InChI is InChI=1S/C15H16F3N3O2/c16-15(17,18)9-20-6-5-12(13(20)22)19-14(23)21-7-10-3-1-2-4-11(10)8-21/h1-4,12H,5-9H2,(H,19,23). The summed E-state index contributed by atoms with van der Waals surface area (Å²) in [4.78, 5) is 26.5. The normalized spacial score (nSPS) is 20.8. The van der Waals surface area contributed by atoms with Crippen molar-refractivity contribution in [1.82, 2.24) is 15.1 Å². The third-order valence-corrected chi connectivity index (χ3v) is 4.09. The molecule has 2 heterocycles. The van der Waals surface area contributed by atoms with Crippen LogP contribution in [0.5, 0.6) is 0 Å². The highest BCUT2D eigenvalue weighted by Crippen LogP contribution is 2.23. The van der Waals surface area contributed by atoms with Gasteiger partial charge in [-0.2, -0.15) is 13.2 Å². The predicted molar refractivity (Wildman–Crippen MR) is 75.3 cm³/mol. The second-order valence-corrected chi connectivity index (χ2v) is 5.79. The quantitative estimate of drug-likeness (QED) is 0.902. The molecular weight excluding hydrogens is 311 g/mol. The molecule has 8 heteroatoms. The van der Waals surface area contributed by atoms with Crippen LogP contribution in [-0.4, -0.2) is 47.0 Å². The molecule has 0 aromatic heterocycles. The summed E-state index contributed by atoms with van der Waals surface area (Å²) in [5.74, 6) is -0.674. The summed E-state index contributed by atoms with van der Waals surface area (Å²) in [6.07, 6.45) is -4.23. The Bertz CT molecular complexity index is 608. The zero-order valence-electron chi connectivity index (χ0n) is 12.3. The average Bonchev–Trinajstić information content (AvgIpc) is 3.04. The largest absolute Gasteiger partial charge is 0.406 e. The van der Waals surface area contributed by atoms with E-state index < -0.39 is 30.7 Å². The van der Waals surface area contributed by atoms with Crippen LogP contribution in [-0.2, 0) is 17.9 Å². The van der Waals surface area contributed by atoms with Crippen LogP contribution in [0.4, 0.5) is 18.0 Å². The van der Waals surface area contributed by atoms with Gasteiger partial charge in [-0.3, -0.25) is 4.79 Å². The van der Waals surface area contributed by atoms with Crippen LogP contribution in [0, 0.1) is 0 Å². The maximum atomic E-state index is 12.4. The fourth-order valence-corrected chi connectivity index (χ4v) is 2.96. The number of benzene rings is 1. The van der Waals surface area contributed by atoms with Crippen molar-refractivity contribution in [3.63, 3.8) is 0 Å². The number of rotatable bonds is 2. The van der Waals surface area contributed by atoms with E-state index in [4.69, 9.17) is 0 Å². The number of hydrogen-bond donors (Lipinski definition) is 1. The van der Waals surface area contributed by atoms with Crippen molar-refractivity contribution in [2.45, 2.75) is 31.7 Å². The van der Waals surface area contributed by atoms with Gasteiger partial charge < -0.3 is 15.1 Å². The minimum atomic E-state index is -4.43. The Morgan fingerprint density at radius 2 is 1.83 bits per heavy atom. The summed E-state index contributed by atoms with van der Waals surface area (Å²) in [7, 11) is 0. The van der Waals surface area contributed by atoms with E-state index in [-0.39, 0.29) is 13.0 Å². The van der Waals surface area contributed by atoms with Crippen LogP contribution in [0.2, 0.25) is 0 Å². The first-order valence-electron chi connectivity index (χ1n) is 7.31. The SMILES string of the molecule is O=C(NC1CCN(CC(F)(F)F)C1=O)N1Cc2ccccc2C1. The van der Waals surface area contributed by atoms with Gasteiger partial charge in [0.05, 0.1) is 0 Å². The molecule has 1 unspecified atom stereocenters. The molecule has 5 nitrogen and oxygen atoms in total. The molecule has 1 aromatic carbocycles. The molecule has 1 fully saturated rings. The molecule has 3 amide bonds. The fourth-order valence-electron chi connectivity index (χ4n) is 2.96. The molecule has 23 heavy (non-hydrogen) atoms. The van der Waals surface area contributed by atoms with E-state index in [2.05, 4.69) is 5.32 Å². The van der Waals surface area contributed by atoms with Crippen molar-refractivity contribution in [1.29, 1.82) is 0 Å². The van der Waals surface area contributed by atoms with Gasteiger partial charge >= 0.3 is 12.2 Å². The van der Waals surface area contributed by atoms with Crippen LogP contribution in [0.3, 0.4) is 0 Å². The molecule has 1 N–H and O–H groups in total. The van der Waals surface area contributed by atoms with Gasteiger partial charge in [-0.15, -0.1) is 0 Å². The summed E-state index contributed by atoms with van der Waals surface area (Å²) in [5, 5.41) is 2.55. The van der Waals surface area contributed by atoms with E-state index in [1.807, 2.05) is 24.3 Å². The first kappa shape index (κ1) is 15.6. The van der Waals surface area contributed by atoms with Crippen LogP contribution in [0.1, 0.15) is 17.5 Å². The molecule has 2 aliphatic heterocycles. The van der Waals surface area contributed by atoms with Gasteiger partial charge in [-0.05, 0) is 17.5 Å². The number of halogens is 3. The molecule has 0 aliphatic carbocycles. The van der Waals surface area contributed by atoms with Gasteiger partial charge in [-0.25, -0.2) is 4.79 Å². The summed E-state index contributed by atoms with van der Waals surface area (Å²) < 4.78 is 37.1. The lowest BCUT2D eigenvalue weighted by Gasteiger charge is -2.21. The molecule has 124 valence electrons. The highest BCUT2D eigenvalue weighted by molar-refractivity contribution is 5.88. The number of carbonyl (C=O) groups is 2. The summed E-state index contributed by atoms with van der Waals surface area (Å²) >= 11 is 0. The number of likely N-dealkylation sites (tertiary alicyclic amines) is 1. The van der Waals surface area contributed by atoms with E-state index in [1.165, 1.54) is 0 Å². The third kappa shape index (κ3) is 3.40. The number of fused-ring (bicyclic) bond motifs is 1. The molecule has 0 bridgehead atoms. The molecule has 1 aromatic rings. The molecule has 1 saturated heterocycles. The van der Waals surface area contributed by atoms with Gasteiger partial charge in [0, 0.05) is 19.6 Å². The Kier molecular flexibility index (Phi) is 3.91. The van der Waals surface area contributed by atoms with Crippen molar-refractivity contribution < 1.29 is 22.8 Å². The first-order chi connectivity index (χ1) is 10.8. The van der Waals surface area contributed by atoms with E-state index in [0.29, 0.717) is 13.1 Å². The van der Waals surface area contributed by atoms with Crippen molar-refractivity contribution in [2.75, 3.05) is 13.1 Å². The van der Waals surface area contributed by atoms with E-state index in [1.54, 1.807) is 4.90 Å². The minimum Gasteiger partial charge on any atom is -0.332 e. The Morgan fingerprint density at radius 3 is 2.39 bits per heavy atom. The van der Waals surface area contributed by atoms with Crippen LogP contribution < -0.4 is 5.32 Å². The number of nitrogens with zero attached hydrogens (tertiary/aromatic N) is 2. The van der Waals surface area contributed by atoms with E-state index in [9.17, 15) is 22.8 Å². The monoisotopic (exact) mass is 327 g/mol. The van der Waals surface area contributed by atoms with Gasteiger partial charge in [0.2, 0.25) is 5.91 Å². The summed E-state index contributed by atoms with van der Waals surface area (Å²) in [6, 6.07) is 6.32. The Labute approximate surface area is 131 Å². The van der Waals surface area contributed by atoms with Gasteiger partial charge in [0.25, 0.3) is 0 Å². The van der Waals surface area contributed by atoms with Gasteiger partial charge in [0.1, 0.15) is 12.6 Å². The maximum Gasteiger partial charge on any atom is 0.406 e. The average molecular weight is 327 g/mol. The van der Waals surface area contributed by atoms with Crippen molar-refractivity contribution >= 4 is 11.9 Å². The van der Waals surface area contributed by atoms with Crippen molar-refractivity contribution in [2.24, 2.45) is 0 Å². The van der Waals surface area contributed by atoms with Crippen LogP contribution in [0.15, 0.2) is 24.3 Å². The van der Waals surface area contributed by atoms with Crippen LogP contribution in [0.25, 0.3) is 0 Å². The van der Waals surface area contributed by atoms with Gasteiger partial charge in [0.15, 0.2) is 0 Å². The zero-order valence-corrected chi connectivity index (χ0v) is 12.3. The number of amides is 3. The number of alkyl halides is 3. The lowest BCUT2D eigenvalue weighted by atomic mass is 10.1. The lowest BCUT2D eigenvalue weighted by Crippen LogP contribution is -2.47. The number of urea groups is 1. The number of carbonyl (C=O) groups excluding carboxylic acids is 2. The molecule has 3 rings (SSSR count). The smallest absolute Gasteiger partial charge is 0.332 e. The maximum absolute atomic E-state index is 12.4. The molecule has 0 radical (unpaired) electrons. The number of hydrogen-bond acceptors (Lipinski definition) is 2. The molecular formula is C15H16F3N3O2. The molecule has 2 aliphatic rings. The summed E-state index contributed by atoms with van der Waals surface area (Å²) in [5.41, 5.74) is 2.08. The third-order valence-electron chi connectivity index (χ3n) is 4.09. The topological polar surface area (TPSA) is 52.7 Å². The van der Waals surface area contributed by atoms with E-state index in [0.717, 1.165) is 16.0 Å². The zero-order chi connectivity index (χ0) is 16.6. The molecule has 0 saturated carbocycles. The highest BCUT2D eigenvalue weighted by atomic mass is 19.4. The molecule has 0 spiro atoms. The molecule has 1 atom stereocenters. The fraction of sp³-hybridized carbons (Fsp3) is 0.467. The summed E-state index contributed by atoms with van der Waals surface area (Å²) in [6.45, 7) is -0.388. The van der Waals surface area contributed by atoms with Crippen molar-refractivity contribution in [3.05, 3.63) is 35.4 Å². The van der Waals surface area contributed by atoms with Gasteiger partial charge in [-0.1, -0.05) is 24.3 Å².